The summed E-state index contributed by atoms with van der Waals surface area (Å²) in [5.74, 6) is 10.5. The van der Waals surface area contributed by atoms with E-state index in [9.17, 15) is 19.2 Å². The first-order valence-electron chi connectivity index (χ1n) is 8.41. The van der Waals surface area contributed by atoms with Crippen molar-refractivity contribution in [1.29, 1.82) is 0 Å². The summed E-state index contributed by atoms with van der Waals surface area (Å²) < 4.78 is 5.07. The highest BCUT2D eigenvalue weighted by atomic mass is 16.2. The first kappa shape index (κ1) is 17.4. The standard InChI is InChI=1S/C20H14N4O4/c1-11-9-17(25)23-19(27)15(13(3)21(11)23)7-5-6-8-16-14(4)22-12(2)10-18(26)24(22)20(16)28/h9-10H,1-4H3. The van der Waals surface area contributed by atoms with Gasteiger partial charge in [-0.2, -0.15) is 9.03 Å². The van der Waals surface area contributed by atoms with Crippen LogP contribution in [0.1, 0.15) is 33.9 Å². The lowest BCUT2D eigenvalue weighted by Crippen LogP contribution is -2.22. The van der Waals surface area contributed by atoms with Crippen LogP contribution in [0.2, 0.25) is 0 Å². The van der Waals surface area contributed by atoms with Crippen molar-refractivity contribution < 1.29 is 0 Å². The van der Waals surface area contributed by atoms with E-state index < -0.39 is 22.2 Å². The van der Waals surface area contributed by atoms with E-state index >= 15 is 0 Å². The highest BCUT2D eigenvalue weighted by Gasteiger charge is 2.16. The van der Waals surface area contributed by atoms with Gasteiger partial charge in [0.05, 0.1) is 11.4 Å². The maximum Gasteiger partial charge on any atom is 0.290 e. The molecule has 4 rings (SSSR count). The molecule has 0 aliphatic carbocycles. The molecule has 0 N–H and O–H groups in total. The van der Waals surface area contributed by atoms with Gasteiger partial charge in [-0.3, -0.25) is 28.2 Å². The Kier molecular flexibility index (Phi) is 3.56. The van der Waals surface area contributed by atoms with E-state index in [0.29, 0.717) is 22.8 Å². The molecule has 0 spiro atoms. The molecule has 138 valence electrons. The molecule has 0 amide bonds. The second kappa shape index (κ2) is 5.73. The molecule has 8 heteroatoms. The van der Waals surface area contributed by atoms with Gasteiger partial charge in [0.1, 0.15) is 11.1 Å². The Balaban J connectivity index is 1.83. The summed E-state index contributed by atoms with van der Waals surface area (Å²) >= 11 is 0. The van der Waals surface area contributed by atoms with Gasteiger partial charge in [-0.05, 0) is 51.4 Å². The molecule has 8 nitrogen and oxygen atoms in total. The molecule has 0 unspecified atom stereocenters. The minimum atomic E-state index is -0.504. The zero-order valence-electron chi connectivity index (χ0n) is 15.6. The largest absolute Gasteiger partial charge is 0.290 e. The number of fused-ring (bicyclic) bond motifs is 2. The molecule has 4 aromatic rings. The number of hydrogen-bond donors (Lipinski definition) is 0. The molecule has 0 aliphatic heterocycles. The van der Waals surface area contributed by atoms with Crippen LogP contribution in [0.4, 0.5) is 0 Å². The Morgan fingerprint density at radius 2 is 0.964 bits per heavy atom. The van der Waals surface area contributed by atoms with Crippen molar-refractivity contribution in [3.05, 3.63) is 87.5 Å². The van der Waals surface area contributed by atoms with E-state index in [0.717, 1.165) is 9.03 Å². The summed E-state index contributed by atoms with van der Waals surface area (Å²) in [4.78, 5) is 48.6. The van der Waals surface area contributed by atoms with Crippen LogP contribution >= 0.6 is 0 Å². The molecule has 0 saturated heterocycles. The number of hydrogen-bond acceptors (Lipinski definition) is 4. The van der Waals surface area contributed by atoms with Crippen molar-refractivity contribution in [2.24, 2.45) is 0 Å². The number of aromatic nitrogens is 4. The fraction of sp³-hybridized carbons (Fsp3) is 0.200. The van der Waals surface area contributed by atoms with E-state index in [1.807, 2.05) is 0 Å². The number of nitrogens with zero attached hydrogens (tertiary/aromatic N) is 4. The molecule has 0 bridgehead atoms. The quantitative estimate of drug-likeness (QED) is 0.383. The van der Waals surface area contributed by atoms with Gasteiger partial charge in [0.25, 0.3) is 22.2 Å². The molecule has 0 atom stereocenters. The molecule has 4 heterocycles. The molecular formula is C20H14N4O4. The Bertz CT molecular complexity index is 1510. The maximum atomic E-state index is 12.4. The third-order valence-corrected chi connectivity index (χ3v) is 4.76. The molecule has 0 aliphatic rings. The lowest BCUT2D eigenvalue weighted by molar-refractivity contribution is 0.768. The summed E-state index contributed by atoms with van der Waals surface area (Å²) in [7, 11) is 0. The van der Waals surface area contributed by atoms with Gasteiger partial charge < -0.3 is 0 Å². The summed E-state index contributed by atoms with van der Waals surface area (Å²) in [6.07, 6.45) is 0. The third-order valence-electron chi connectivity index (χ3n) is 4.76. The molecule has 4 aromatic heterocycles. The molecule has 0 fully saturated rings. The highest BCUT2D eigenvalue weighted by molar-refractivity contribution is 5.46. The van der Waals surface area contributed by atoms with Crippen LogP contribution in [0.15, 0.2) is 31.3 Å². The molecule has 28 heavy (non-hydrogen) atoms. The van der Waals surface area contributed by atoms with Crippen LogP contribution in [0.3, 0.4) is 0 Å². The third kappa shape index (κ3) is 2.15. The van der Waals surface area contributed by atoms with Crippen molar-refractivity contribution >= 4 is 0 Å². The topological polar surface area (TPSA) is 85.9 Å². The Hall–Kier alpha value is -4.04. The predicted molar refractivity (Wildman–Crippen MR) is 102 cm³/mol. The van der Waals surface area contributed by atoms with Gasteiger partial charge in [0.2, 0.25) is 0 Å². The molecular weight excluding hydrogens is 360 g/mol. The van der Waals surface area contributed by atoms with E-state index in [1.165, 1.54) is 21.2 Å². The highest BCUT2D eigenvalue weighted by Crippen LogP contribution is 2.05. The molecule has 0 saturated carbocycles. The monoisotopic (exact) mass is 374 g/mol. The van der Waals surface area contributed by atoms with Crippen LogP contribution in [-0.2, 0) is 0 Å². The van der Waals surface area contributed by atoms with Crippen molar-refractivity contribution in [2.75, 3.05) is 0 Å². The zero-order valence-corrected chi connectivity index (χ0v) is 15.6. The van der Waals surface area contributed by atoms with Gasteiger partial charge in [-0.15, -0.1) is 0 Å². The minimum absolute atomic E-state index is 0.178. The molecule has 0 aromatic carbocycles. The smallest absolute Gasteiger partial charge is 0.267 e. The van der Waals surface area contributed by atoms with Gasteiger partial charge in [-0.1, -0.05) is 0 Å². The lowest BCUT2D eigenvalue weighted by Gasteiger charge is -1.93. The fourth-order valence-corrected chi connectivity index (χ4v) is 3.53. The Morgan fingerprint density at radius 1 is 0.607 bits per heavy atom. The first-order valence-corrected chi connectivity index (χ1v) is 8.41. The number of rotatable bonds is 0. The summed E-state index contributed by atoms with van der Waals surface area (Å²) in [5, 5.41) is 0. The van der Waals surface area contributed by atoms with Gasteiger partial charge in [0.15, 0.2) is 0 Å². The van der Waals surface area contributed by atoms with Crippen LogP contribution in [0.25, 0.3) is 0 Å². The Labute approximate surface area is 157 Å². The fourth-order valence-electron chi connectivity index (χ4n) is 3.53. The first-order chi connectivity index (χ1) is 13.2. The average molecular weight is 374 g/mol. The second-order valence-corrected chi connectivity index (χ2v) is 6.53. The van der Waals surface area contributed by atoms with Gasteiger partial charge in [0, 0.05) is 23.5 Å². The summed E-state index contributed by atoms with van der Waals surface area (Å²) in [6, 6.07) is 2.76. The lowest BCUT2D eigenvalue weighted by atomic mass is 10.2. The van der Waals surface area contributed by atoms with Crippen molar-refractivity contribution in [2.45, 2.75) is 27.7 Å². The zero-order chi connectivity index (χ0) is 20.3. The normalized spacial score (nSPS) is 10.9. The van der Waals surface area contributed by atoms with Crippen LogP contribution < -0.4 is 22.2 Å². The summed E-state index contributed by atoms with van der Waals surface area (Å²) in [6.45, 7) is 6.85. The maximum absolute atomic E-state index is 12.4. The van der Waals surface area contributed by atoms with E-state index in [2.05, 4.69) is 23.7 Å². The van der Waals surface area contributed by atoms with Crippen molar-refractivity contribution in [1.82, 2.24) is 18.1 Å². The minimum Gasteiger partial charge on any atom is -0.267 e. The van der Waals surface area contributed by atoms with Crippen molar-refractivity contribution in [3.8, 4) is 23.7 Å². The Morgan fingerprint density at radius 3 is 1.29 bits per heavy atom. The van der Waals surface area contributed by atoms with E-state index in [-0.39, 0.29) is 11.1 Å². The van der Waals surface area contributed by atoms with E-state index in [4.69, 9.17) is 0 Å². The van der Waals surface area contributed by atoms with Crippen LogP contribution in [0, 0.1) is 51.4 Å². The van der Waals surface area contributed by atoms with E-state index in [1.54, 1.807) is 27.7 Å². The SMILES string of the molecule is Cc1cc(=O)n2c(=O)c(C#CC#Cc3c(C)n4c(C)cc(=O)n4c3=O)c(C)n12. The van der Waals surface area contributed by atoms with Crippen LogP contribution in [0.5, 0.6) is 0 Å². The van der Waals surface area contributed by atoms with Gasteiger partial charge >= 0.3 is 0 Å². The van der Waals surface area contributed by atoms with Crippen LogP contribution in [-0.4, -0.2) is 18.1 Å². The summed E-state index contributed by atoms with van der Waals surface area (Å²) in [5.41, 5.74) is 0.889. The second-order valence-electron chi connectivity index (χ2n) is 6.53. The average Bonchev–Trinajstić information content (AvgIpc) is 3.25. The number of aryl methyl sites for hydroxylation is 4. The predicted octanol–water partition coefficient (Wildman–Crippen LogP) is -0.656. The van der Waals surface area contributed by atoms with Crippen molar-refractivity contribution in [3.63, 3.8) is 0 Å². The van der Waals surface area contributed by atoms with Gasteiger partial charge in [-0.25, -0.2) is 0 Å². The molecule has 0 radical (unpaired) electrons.